The average Bonchev–Trinajstić information content (AvgIpc) is 2.25. The molecule has 0 heterocycles. The molecule has 1 aromatic rings. The minimum Gasteiger partial charge on any atom is -0.496 e. The molecular formula is C13H16BrNO. The SMILES string of the molecule is COc1ccc(Br)cc1CC(C#N)C(C)C. The minimum atomic E-state index is 0.0307. The van der Waals surface area contributed by atoms with E-state index in [0.29, 0.717) is 5.92 Å². The first-order chi connectivity index (χ1) is 7.58. The maximum absolute atomic E-state index is 9.09. The summed E-state index contributed by atoms with van der Waals surface area (Å²) in [6.45, 7) is 4.14. The van der Waals surface area contributed by atoms with Crippen LogP contribution in [0.1, 0.15) is 19.4 Å². The highest BCUT2D eigenvalue weighted by atomic mass is 79.9. The molecule has 0 radical (unpaired) electrons. The van der Waals surface area contributed by atoms with Gasteiger partial charge in [0.1, 0.15) is 5.75 Å². The molecule has 16 heavy (non-hydrogen) atoms. The molecular weight excluding hydrogens is 266 g/mol. The van der Waals surface area contributed by atoms with Gasteiger partial charge in [-0.25, -0.2) is 0 Å². The first kappa shape index (κ1) is 13.1. The number of ether oxygens (including phenoxy) is 1. The van der Waals surface area contributed by atoms with Gasteiger partial charge in [0.2, 0.25) is 0 Å². The number of methoxy groups -OCH3 is 1. The van der Waals surface area contributed by atoms with Gasteiger partial charge in [-0.3, -0.25) is 0 Å². The van der Waals surface area contributed by atoms with Gasteiger partial charge in [-0.05, 0) is 36.1 Å². The van der Waals surface area contributed by atoms with Crippen LogP contribution in [-0.2, 0) is 6.42 Å². The Labute approximate surface area is 105 Å². The van der Waals surface area contributed by atoms with Crippen molar-refractivity contribution in [3.05, 3.63) is 28.2 Å². The van der Waals surface area contributed by atoms with Crippen molar-refractivity contribution >= 4 is 15.9 Å². The van der Waals surface area contributed by atoms with Gasteiger partial charge < -0.3 is 4.74 Å². The van der Waals surface area contributed by atoms with Gasteiger partial charge in [-0.15, -0.1) is 0 Å². The molecule has 0 bridgehead atoms. The van der Waals surface area contributed by atoms with Crippen molar-refractivity contribution in [1.29, 1.82) is 5.26 Å². The third-order valence-corrected chi connectivity index (χ3v) is 3.15. The van der Waals surface area contributed by atoms with Gasteiger partial charge in [0, 0.05) is 4.47 Å². The lowest BCUT2D eigenvalue weighted by molar-refractivity contribution is 0.400. The van der Waals surface area contributed by atoms with Gasteiger partial charge in [0.05, 0.1) is 19.1 Å². The molecule has 1 aromatic carbocycles. The molecule has 0 saturated heterocycles. The number of nitriles is 1. The number of nitrogens with zero attached hydrogens (tertiary/aromatic N) is 1. The zero-order valence-corrected chi connectivity index (χ0v) is 11.4. The number of hydrogen-bond acceptors (Lipinski definition) is 2. The minimum absolute atomic E-state index is 0.0307. The van der Waals surface area contributed by atoms with E-state index in [0.717, 1.165) is 22.2 Å². The van der Waals surface area contributed by atoms with Gasteiger partial charge in [0.15, 0.2) is 0 Å². The molecule has 0 aliphatic heterocycles. The molecule has 1 atom stereocenters. The summed E-state index contributed by atoms with van der Waals surface area (Å²) in [6, 6.07) is 8.24. The maximum Gasteiger partial charge on any atom is 0.122 e. The summed E-state index contributed by atoms with van der Waals surface area (Å²) in [7, 11) is 1.66. The Balaban J connectivity index is 2.95. The van der Waals surface area contributed by atoms with E-state index in [1.165, 1.54) is 0 Å². The van der Waals surface area contributed by atoms with E-state index in [2.05, 4.69) is 35.8 Å². The van der Waals surface area contributed by atoms with Crippen LogP contribution in [0.4, 0.5) is 0 Å². The molecule has 2 nitrogen and oxygen atoms in total. The van der Waals surface area contributed by atoms with Crippen LogP contribution in [-0.4, -0.2) is 7.11 Å². The zero-order valence-electron chi connectivity index (χ0n) is 9.83. The fourth-order valence-corrected chi connectivity index (χ4v) is 1.98. The molecule has 1 rings (SSSR count). The summed E-state index contributed by atoms with van der Waals surface area (Å²) < 4.78 is 6.31. The molecule has 1 unspecified atom stereocenters. The largest absolute Gasteiger partial charge is 0.496 e. The van der Waals surface area contributed by atoms with E-state index in [-0.39, 0.29) is 5.92 Å². The van der Waals surface area contributed by atoms with E-state index in [4.69, 9.17) is 10.00 Å². The Hall–Kier alpha value is -1.01. The van der Waals surface area contributed by atoms with Crippen molar-refractivity contribution in [2.24, 2.45) is 11.8 Å². The van der Waals surface area contributed by atoms with E-state index >= 15 is 0 Å². The quantitative estimate of drug-likeness (QED) is 0.841. The highest BCUT2D eigenvalue weighted by Crippen LogP contribution is 2.27. The Kier molecular flexibility index (Phi) is 4.82. The second-order valence-electron chi connectivity index (χ2n) is 4.14. The van der Waals surface area contributed by atoms with Crippen molar-refractivity contribution in [3.8, 4) is 11.8 Å². The molecule has 0 N–H and O–H groups in total. The van der Waals surface area contributed by atoms with Crippen molar-refractivity contribution in [1.82, 2.24) is 0 Å². The molecule has 0 aliphatic carbocycles. The summed E-state index contributed by atoms with van der Waals surface area (Å²) in [5.74, 6) is 1.24. The van der Waals surface area contributed by atoms with Crippen LogP contribution in [0, 0.1) is 23.2 Å². The van der Waals surface area contributed by atoms with E-state index in [1.54, 1.807) is 7.11 Å². The lowest BCUT2D eigenvalue weighted by Crippen LogP contribution is -2.10. The van der Waals surface area contributed by atoms with E-state index < -0.39 is 0 Å². The topological polar surface area (TPSA) is 33.0 Å². The number of halogens is 1. The molecule has 0 saturated carbocycles. The Morgan fingerprint density at radius 2 is 2.12 bits per heavy atom. The lowest BCUT2D eigenvalue weighted by Gasteiger charge is -2.15. The van der Waals surface area contributed by atoms with Crippen LogP contribution < -0.4 is 4.74 Å². The standard InChI is InChI=1S/C13H16BrNO/c1-9(2)11(8-15)6-10-7-12(14)4-5-13(10)16-3/h4-5,7,9,11H,6H2,1-3H3. The predicted molar refractivity (Wildman–Crippen MR) is 68.3 cm³/mol. The molecule has 0 amide bonds. The summed E-state index contributed by atoms with van der Waals surface area (Å²) in [5.41, 5.74) is 1.08. The number of rotatable bonds is 4. The van der Waals surface area contributed by atoms with Crippen molar-refractivity contribution in [2.75, 3.05) is 7.11 Å². The van der Waals surface area contributed by atoms with Crippen molar-refractivity contribution in [3.63, 3.8) is 0 Å². The predicted octanol–water partition coefficient (Wildman–Crippen LogP) is 3.80. The van der Waals surface area contributed by atoms with E-state index in [9.17, 15) is 0 Å². The van der Waals surface area contributed by atoms with Gasteiger partial charge >= 0.3 is 0 Å². The van der Waals surface area contributed by atoms with Crippen LogP contribution in [0.15, 0.2) is 22.7 Å². The van der Waals surface area contributed by atoms with Gasteiger partial charge in [-0.2, -0.15) is 5.26 Å². The Bertz CT molecular complexity index is 395. The zero-order chi connectivity index (χ0) is 12.1. The fourth-order valence-electron chi connectivity index (χ4n) is 1.57. The molecule has 0 spiro atoms. The lowest BCUT2D eigenvalue weighted by atomic mass is 9.90. The van der Waals surface area contributed by atoms with Crippen LogP contribution >= 0.6 is 15.9 Å². The van der Waals surface area contributed by atoms with E-state index in [1.807, 2.05) is 18.2 Å². The van der Waals surface area contributed by atoms with Crippen LogP contribution in [0.3, 0.4) is 0 Å². The number of benzene rings is 1. The Morgan fingerprint density at radius 1 is 1.44 bits per heavy atom. The maximum atomic E-state index is 9.09. The number of hydrogen-bond donors (Lipinski definition) is 0. The highest BCUT2D eigenvalue weighted by molar-refractivity contribution is 9.10. The van der Waals surface area contributed by atoms with Gasteiger partial charge in [-0.1, -0.05) is 29.8 Å². The summed E-state index contributed by atoms with van der Waals surface area (Å²) >= 11 is 3.44. The molecule has 0 aliphatic rings. The third-order valence-electron chi connectivity index (χ3n) is 2.65. The Morgan fingerprint density at radius 3 is 2.62 bits per heavy atom. The first-order valence-corrected chi connectivity index (χ1v) is 6.09. The van der Waals surface area contributed by atoms with Crippen molar-refractivity contribution < 1.29 is 4.74 Å². The summed E-state index contributed by atoms with van der Waals surface area (Å²) in [6.07, 6.45) is 0.733. The summed E-state index contributed by atoms with van der Waals surface area (Å²) in [4.78, 5) is 0. The van der Waals surface area contributed by atoms with Crippen LogP contribution in [0.2, 0.25) is 0 Å². The molecule has 3 heteroatoms. The molecule has 0 fully saturated rings. The third kappa shape index (κ3) is 3.24. The smallest absolute Gasteiger partial charge is 0.122 e. The highest BCUT2D eigenvalue weighted by Gasteiger charge is 2.15. The second-order valence-corrected chi connectivity index (χ2v) is 5.06. The monoisotopic (exact) mass is 281 g/mol. The average molecular weight is 282 g/mol. The van der Waals surface area contributed by atoms with Crippen LogP contribution in [0.25, 0.3) is 0 Å². The normalized spacial score (nSPS) is 12.2. The van der Waals surface area contributed by atoms with Gasteiger partial charge in [0.25, 0.3) is 0 Å². The van der Waals surface area contributed by atoms with Crippen LogP contribution in [0.5, 0.6) is 5.75 Å². The van der Waals surface area contributed by atoms with Crippen molar-refractivity contribution in [2.45, 2.75) is 20.3 Å². The molecule has 0 aromatic heterocycles. The first-order valence-electron chi connectivity index (χ1n) is 5.30. The second kappa shape index (κ2) is 5.91. The fraction of sp³-hybridized carbons (Fsp3) is 0.462. The summed E-state index contributed by atoms with van der Waals surface area (Å²) in [5, 5.41) is 9.09. The molecule has 86 valence electrons.